The molecule has 0 aliphatic rings. The van der Waals surface area contributed by atoms with Gasteiger partial charge in [0, 0.05) is 48.1 Å². The van der Waals surface area contributed by atoms with E-state index in [1.54, 1.807) is 11.3 Å². The maximum absolute atomic E-state index is 5.35. The van der Waals surface area contributed by atoms with Crippen LogP contribution >= 0.6 is 11.3 Å². The van der Waals surface area contributed by atoms with Crippen molar-refractivity contribution in [3.8, 4) is 73.2 Å². The Morgan fingerprint density at radius 3 is 1.74 bits per heavy atom. The fourth-order valence-electron chi connectivity index (χ4n) is 8.03. The van der Waals surface area contributed by atoms with E-state index in [0.29, 0.717) is 5.82 Å². The summed E-state index contributed by atoms with van der Waals surface area (Å²) in [5.41, 5.74) is 13.7. The van der Waals surface area contributed by atoms with E-state index >= 15 is 0 Å². The van der Waals surface area contributed by atoms with Crippen LogP contribution in [0.2, 0.25) is 0 Å². The normalized spacial score (nSPS) is 11.4. The number of rotatable bonds is 7. The summed E-state index contributed by atoms with van der Waals surface area (Å²) < 4.78 is 4.64. The van der Waals surface area contributed by atoms with Gasteiger partial charge in [0.2, 0.25) is 0 Å². The SMILES string of the molecule is c1ccc(-c2ccc(-c3cc(-c4cccc(-c5ccccc5)c4)nc(-c4cccc5sc6cc(-c7nc8ccccc8n7-c7ccccc7)ccc6c45)n3)cc2)cc1. The summed E-state index contributed by atoms with van der Waals surface area (Å²) in [5, 5.41) is 2.33. The Bertz CT molecular complexity index is 3260. The lowest BCUT2D eigenvalue weighted by Crippen LogP contribution is -1.97. The third-order valence-electron chi connectivity index (χ3n) is 10.9. The summed E-state index contributed by atoms with van der Waals surface area (Å²) in [6.07, 6.45) is 0. The number of aromatic nitrogens is 4. The first-order valence-electron chi connectivity index (χ1n) is 19.4. The molecule has 0 atom stereocenters. The van der Waals surface area contributed by atoms with Gasteiger partial charge in [-0.25, -0.2) is 15.0 Å². The summed E-state index contributed by atoms with van der Waals surface area (Å²) in [6, 6.07) is 72.5. The molecule has 272 valence electrons. The number of benzene rings is 8. The van der Waals surface area contributed by atoms with Gasteiger partial charge in [-0.1, -0.05) is 158 Å². The van der Waals surface area contributed by atoms with Crippen molar-refractivity contribution in [2.75, 3.05) is 0 Å². The van der Waals surface area contributed by atoms with Crippen LogP contribution in [-0.4, -0.2) is 19.5 Å². The summed E-state index contributed by atoms with van der Waals surface area (Å²) >= 11 is 1.80. The average Bonchev–Trinajstić information content (AvgIpc) is 3.89. The maximum atomic E-state index is 5.35. The minimum absolute atomic E-state index is 0.699. The maximum Gasteiger partial charge on any atom is 0.161 e. The van der Waals surface area contributed by atoms with E-state index < -0.39 is 0 Å². The van der Waals surface area contributed by atoms with Crippen LogP contribution in [-0.2, 0) is 0 Å². The molecule has 0 fully saturated rings. The highest BCUT2D eigenvalue weighted by Crippen LogP contribution is 2.42. The van der Waals surface area contributed by atoms with Gasteiger partial charge in [-0.05, 0) is 70.8 Å². The van der Waals surface area contributed by atoms with Gasteiger partial charge in [0.15, 0.2) is 5.82 Å². The molecule has 0 saturated heterocycles. The van der Waals surface area contributed by atoms with E-state index in [1.165, 1.54) is 31.5 Å². The first-order chi connectivity index (χ1) is 28.7. The zero-order chi connectivity index (χ0) is 38.4. The van der Waals surface area contributed by atoms with E-state index in [4.69, 9.17) is 15.0 Å². The van der Waals surface area contributed by atoms with Gasteiger partial charge in [-0.3, -0.25) is 4.57 Å². The predicted octanol–water partition coefficient (Wildman–Crippen LogP) is 14.2. The van der Waals surface area contributed by atoms with E-state index in [0.717, 1.165) is 67.1 Å². The third-order valence-corrected chi connectivity index (χ3v) is 12.0. The summed E-state index contributed by atoms with van der Waals surface area (Å²) in [6.45, 7) is 0. The van der Waals surface area contributed by atoms with Crippen LogP contribution in [0.3, 0.4) is 0 Å². The van der Waals surface area contributed by atoms with Crippen molar-refractivity contribution in [1.82, 2.24) is 19.5 Å². The van der Waals surface area contributed by atoms with Crippen molar-refractivity contribution in [2.24, 2.45) is 0 Å². The van der Waals surface area contributed by atoms with Crippen molar-refractivity contribution < 1.29 is 0 Å². The van der Waals surface area contributed by atoms with Crippen LogP contribution < -0.4 is 0 Å². The Kier molecular flexibility index (Phi) is 8.30. The van der Waals surface area contributed by atoms with Gasteiger partial charge in [0.1, 0.15) is 5.82 Å². The molecule has 0 unspecified atom stereocenters. The van der Waals surface area contributed by atoms with E-state index in [-0.39, 0.29) is 0 Å². The van der Waals surface area contributed by atoms with Crippen molar-refractivity contribution >= 4 is 42.5 Å². The van der Waals surface area contributed by atoms with Crippen LogP contribution in [0, 0.1) is 0 Å². The smallest absolute Gasteiger partial charge is 0.161 e. The van der Waals surface area contributed by atoms with Gasteiger partial charge in [-0.2, -0.15) is 0 Å². The largest absolute Gasteiger partial charge is 0.292 e. The lowest BCUT2D eigenvalue weighted by atomic mass is 9.99. The van der Waals surface area contributed by atoms with Crippen LogP contribution in [0.25, 0.3) is 104 Å². The predicted molar refractivity (Wildman–Crippen MR) is 242 cm³/mol. The average molecular weight is 759 g/mol. The molecule has 5 heteroatoms. The third kappa shape index (κ3) is 6.06. The van der Waals surface area contributed by atoms with Crippen LogP contribution in [0.5, 0.6) is 0 Å². The van der Waals surface area contributed by atoms with E-state index in [9.17, 15) is 0 Å². The Hall–Kier alpha value is -7.47. The standard InChI is InChI=1S/C53H34N4S/c1-4-14-35(15-5-1)37-26-28-38(29-27-37)46-34-47(40-19-12-18-39(32-40)36-16-6-2-7-17-36)55-52(54-46)44-22-13-25-49-51(44)43-31-30-41(33-50(43)58-49)53-56-45-23-10-11-24-48(45)57(53)42-20-8-3-9-21-42/h1-34H. The van der Waals surface area contributed by atoms with Crippen LogP contribution in [0.1, 0.15) is 0 Å². The van der Waals surface area contributed by atoms with Crippen LogP contribution in [0.4, 0.5) is 0 Å². The first-order valence-corrected chi connectivity index (χ1v) is 20.2. The molecule has 3 aromatic heterocycles. The molecule has 58 heavy (non-hydrogen) atoms. The highest BCUT2D eigenvalue weighted by Gasteiger charge is 2.19. The minimum Gasteiger partial charge on any atom is -0.292 e. The fraction of sp³-hybridized carbons (Fsp3) is 0. The Balaban J connectivity index is 1.07. The summed E-state index contributed by atoms with van der Waals surface area (Å²) in [7, 11) is 0. The topological polar surface area (TPSA) is 43.6 Å². The lowest BCUT2D eigenvalue weighted by molar-refractivity contribution is 1.10. The highest BCUT2D eigenvalue weighted by molar-refractivity contribution is 7.26. The minimum atomic E-state index is 0.699. The molecule has 0 radical (unpaired) electrons. The zero-order valence-corrected chi connectivity index (χ0v) is 32.1. The molecular weight excluding hydrogens is 725 g/mol. The quantitative estimate of drug-likeness (QED) is 0.163. The van der Waals surface area contributed by atoms with Crippen molar-refractivity contribution in [3.63, 3.8) is 0 Å². The van der Waals surface area contributed by atoms with Gasteiger partial charge in [0.25, 0.3) is 0 Å². The second-order valence-corrected chi connectivity index (χ2v) is 15.5. The molecule has 0 amide bonds. The number of para-hydroxylation sites is 3. The molecule has 0 bridgehead atoms. The molecule has 0 aliphatic heterocycles. The molecule has 0 spiro atoms. The molecule has 0 saturated carbocycles. The summed E-state index contributed by atoms with van der Waals surface area (Å²) in [5.74, 6) is 1.62. The second kappa shape index (κ2) is 14.2. The van der Waals surface area contributed by atoms with Crippen molar-refractivity contribution in [3.05, 3.63) is 206 Å². The number of thiophene rings is 1. The van der Waals surface area contributed by atoms with E-state index in [1.807, 2.05) is 12.1 Å². The molecule has 11 aromatic rings. The molecule has 0 aliphatic carbocycles. The molecule has 8 aromatic carbocycles. The molecular formula is C53H34N4S. The summed E-state index contributed by atoms with van der Waals surface area (Å²) in [4.78, 5) is 15.8. The van der Waals surface area contributed by atoms with Crippen LogP contribution in [0.15, 0.2) is 206 Å². The van der Waals surface area contributed by atoms with E-state index in [2.05, 4.69) is 199 Å². The highest BCUT2D eigenvalue weighted by atomic mass is 32.1. The number of imidazole rings is 1. The van der Waals surface area contributed by atoms with Gasteiger partial charge >= 0.3 is 0 Å². The lowest BCUT2D eigenvalue weighted by Gasteiger charge is -2.12. The molecule has 0 N–H and O–H groups in total. The Morgan fingerprint density at radius 2 is 0.966 bits per heavy atom. The monoisotopic (exact) mass is 758 g/mol. The number of hydrogen-bond donors (Lipinski definition) is 0. The molecule has 4 nitrogen and oxygen atoms in total. The van der Waals surface area contributed by atoms with Crippen molar-refractivity contribution in [2.45, 2.75) is 0 Å². The zero-order valence-electron chi connectivity index (χ0n) is 31.3. The number of hydrogen-bond acceptors (Lipinski definition) is 4. The molecule has 11 rings (SSSR count). The Labute approximate surface area is 340 Å². The number of nitrogens with zero attached hydrogens (tertiary/aromatic N) is 4. The van der Waals surface area contributed by atoms with Gasteiger partial charge < -0.3 is 0 Å². The second-order valence-electron chi connectivity index (χ2n) is 14.4. The van der Waals surface area contributed by atoms with Crippen molar-refractivity contribution in [1.29, 1.82) is 0 Å². The first kappa shape index (κ1) is 33.8. The number of fused-ring (bicyclic) bond motifs is 4. The Morgan fingerprint density at radius 1 is 0.379 bits per heavy atom. The molecule has 3 heterocycles. The fourth-order valence-corrected chi connectivity index (χ4v) is 9.20. The van der Waals surface area contributed by atoms with Gasteiger partial charge in [-0.15, -0.1) is 11.3 Å². The van der Waals surface area contributed by atoms with Gasteiger partial charge in [0.05, 0.1) is 22.4 Å².